The molecule has 0 saturated heterocycles. The molecule has 31 heavy (non-hydrogen) atoms. The molecule has 2 atom stereocenters. The Labute approximate surface area is 179 Å². The molecule has 7 heteroatoms. The molecule has 5 rings (SSSR count). The molecule has 0 fully saturated rings. The van der Waals surface area contributed by atoms with Crippen molar-refractivity contribution in [2.24, 2.45) is 4.99 Å². The van der Waals surface area contributed by atoms with E-state index in [-0.39, 0.29) is 5.91 Å². The van der Waals surface area contributed by atoms with E-state index >= 15 is 0 Å². The van der Waals surface area contributed by atoms with Crippen molar-refractivity contribution >= 4 is 22.8 Å². The van der Waals surface area contributed by atoms with E-state index in [4.69, 9.17) is 9.73 Å². The van der Waals surface area contributed by atoms with E-state index in [1.807, 2.05) is 74.5 Å². The number of amides is 1. The number of aryl methyl sites for hydroxylation is 2. The maximum Gasteiger partial charge on any atom is 0.254 e. The van der Waals surface area contributed by atoms with Crippen LogP contribution in [0.5, 0.6) is 0 Å². The van der Waals surface area contributed by atoms with Crippen LogP contribution in [0.3, 0.4) is 0 Å². The number of carbonyl (C=O) groups is 1. The van der Waals surface area contributed by atoms with Gasteiger partial charge in [-0.3, -0.25) is 4.79 Å². The van der Waals surface area contributed by atoms with Gasteiger partial charge in [0.25, 0.3) is 5.91 Å². The number of fused-ring (bicyclic) bond motifs is 1. The average Bonchev–Trinajstić information content (AvgIpc) is 3.39. The van der Waals surface area contributed by atoms with E-state index < -0.39 is 12.4 Å². The minimum atomic E-state index is -0.727. The monoisotopic (exact) mass is 411 g/mol. The van der Waals surface area contributed by atoms with Crippen LogP contribution in [-0.2, 0) is 4.74 Å². The molecule has 0 saturated carbocycles. The first kappa shape index (κ1) is 19.0. The summed E-state index contributed by atoms with van der Waals surface area (Å²) < 4.78 is 7.81. The summed E-state index contributed by atoms with van der Waals surface area (Å²) in [6.45, 7) is 4.01. The van der Waals surface area contributed by atoms with Crippen molar-refractivity contribution in [2.45, 2.75) is 26.2 Å². The van der Waals surface area contributed by atoms with Gasteiger partial charge >= 0.3 is 0 Å². The summed E-state index contributed by atoms with van der Waals surface area (Å²) in [7, 11) is 0. The molecular formula is C24H21N5O2. The van der Waals surface area contributed by atoms with E-state index in [2.05, 4.69) is 15.6 Å². The molecule has 0 aliphatic carbocycles. The zero-order valence-electron chi connectivity index (χ0n) is 17.2. The summed E-state index contributed by atoms with van der Waals surface area (Å²) in [5.74, 6) is 0.221. The van der Waals surface area contributed by atoms with Crippen LogP contribution in [0.15, 0.2) is 77.8 Å². The Hall–Kier alpha value is -4.00. The van der Waals surface area contributed by atoms with E-state index in [1.54, 1.807) is 16.8 Å². The third-order valence-electron chi connectivity index (χ3n) is 5.27. The lowest BCUT2D eigenvalue weighted by atomic mass is 10.1. The summed E-state index contributed by atoms with van der Waals surface area (Å²) >= 11 is 0. The number of ether oxygens (including phenoxy) is 1. The quantitative estimate of drug-likeness (QED) is 0.554. The summed E-state index contributed by atoms with van der Waals surface area (Å²) in [6.07, 6.45) is -1.31. The van der Waals surface area contributed by atoms with Gasteiger partial charge < -0.3 is 10.1 Å². The Morgan fingerprint density at radius 3 is 2.35 bits per heavy atom. The Balaban J connectivity index is 1.50. The van der Waals surface area contributed by atoms with Crippen LogP contribution < -0.4 is 5.32 Å². The molecular weight excluding hydrogens is 390 g/mol. The number of carbonyl (C=O) groups excluding carboxylic acids is 1. The molecule has 154 valence electrons. The number of hydrogen-bond acceptors (Lipinski definition) is 5. The molecule has 0 bridgehead atoms. The lowest BCUT2D eigenvalue weighted by molar-refractivity contribution is 0.0756. The second-order valence-corrected chi connectivity index (χ2v) is 7.61. The molecule has 1 aromatic heterocycles. The van der Waals surface area contributed by atoms with E-state index in [1.165, 1.54) is 0 Å². The molecule has 2 unspecified atom stereocenters. The van der Waals surface area contributed by atoms with E-state index in [0.717, 1.165) is 27.7 Å². The van der Waals surface area contributed by atoms with Crippen LogP contribution in [-0.4, -0.2) is 33.0 Å². The third kappa shape index (κ3) is 3.66. The predicted octanol–water partition coefficient (Wildman–Crippen LogP) is 3.78. The van der Waals surface area contributed by atoms with Gasteiger partial charge in [-0.05, 0) is 50.2 Å². The van der Waals surface area contributed by atoms with Crippen LogP contribution in [0.4, 0.5) is 0 Å². The first-order valence-corrected chi connectivity index (χ1v) is 10.1. The van der Waals surface area contributed by atoms with E-state index in [9.17, 15) is 4.79 Å². The lowest BCUT2D eigenvalue weighted by Gasteiger charge is -2.19. The van der Waals surface area contributed by atoms with Gasteiger partial charge in [0.2, 0.25) is 18.3 Å². The molecule has 0 radical (unpaired) electrons. The minimum Gasteiger partial charge on any atom is -0.449 e. The summed E-state index contributed by atoms with van der Waals surface area (Å²) in [4.78, 5) is 17.7. The van der Waals surface area contributed by atoms with Gasteiger partial charge in [0, 0.05) is 11.1 Å². The molecule has 1 aliphatic rings. The number of aliphatic imine (C=N–C) groups is 1. The van der Waals surface area contributed by atoms with Gasteiger partial charge in [-0.1, -0.05) is 52.7 Å². The van der Waals surface area contributed by atoms with Crippen molar-refractivity contribution in [3.05, 3.63) is 95.1 Å². The van der Waals surface area contributed by atoms with Crippen molar-refractivity contribution in [1.82, 2.24) is 20.3 Å². The highest BCUT2D eigenvalue weighted by molar-refractivity contribution is 5.97. The maximum absolute atomic E-state index is 12.9. The number of benzene rings is 3. The zero-order chi connectivity index (χ0) is 21.4. The number of hydrogen-bond donors (Lipinski definition) is 1. The third-order valence-corrected chi connectivity index (χ3v) is 5.27. The highest BCUT2D eigenvalue weighted by atomic mass is 16.5. The molecule has 2 heterocycles. The number of aromatic nitrogens is 3. The Morgan fingerprint density at radius 2 is 1.61 bits per heavy atom. The average molecular weight is 411 g/mol. The summed E-state index contributed by atoms with van der Waals surface area (Å²) in [6, 6.07) is 22.9. The van der Waals surface area contributed by atoms with Gasteiger partial charge in [0.05, 0.1) is 5.52 Å². The van der Waals surface area contributed by atoms with E-state index in [0.29, 0.717) is 11.5 Å². The van der Waals surface area contributed by atoms with Gasteiger partial charge in [0.1, 0.15) is 5.52 Å². The van der Waals surface area contributed by atoms with Gasteiger partial charge in [-0.25, -0.2) is 9.67 Å². The normalized spacial score (nSPS) is 17.9. The number of rotatable bonds is 4. The molecule has 7 nitrogen and oxygen atoms in total. The number of nitrogens with one attached hydrogen (secondary N) is 1. The van der Waals surface area contributed by atoms with Crippen LogP contribution in [0.2, 0.25) is 0 Å². The van der Waals surface area contributed by atoms with Crippen molar-refractivity contribution in [2.75, 3.05) is 0 Å². The zero-order valence-corrected chi connectivity index (χ0v) is 17.2. The second kappa shape index (κ2) is 7.68. The molecule has 0 spiro atoms. The highest BCUT2D eigenvalue weighted by Gasteiger charge is 2.36. The highest BCUT2D eigenvalue weighted by Crippen LogP contribution is 2.27. The molecule has 1 amide bonds. The fourth-order valence-corrected chi connectivity index (χ4v) is 3.52. The van der Waals surface area contributed by atoms with Crippen molar-refractivity contribution in [1.29, 1.82) is 0 Å². The van der Waals surface area contributed by atoms with Crippen LogP contribution in [0.1, 0.15) is 33.2 Å². The largest absolute Gasteiger partial charge is 0.449 e. The van der Waals surface area contributed by atoms with Crippen molar-refractivity contribution < 1.29 is 9.53 Å². The van der Waals surface area contributed by atoms with Crippen molar-refractivity contribution in [3.63, 3.8) is 0 Å². The van der Waals surface area contributed by atoms with Gasteiger partial charge in [0.15, 0.2) is 0 Å². The summed E-state index contributed by atoms with van der Waals surface area (Å²) in [5, 5.41) is 11.5. The molecule has 4 aromatic rings. The second-order valence-electron chi connectivity index (χ2n) is 7.61. The molecule has 1 N–H and O–H groups in total. The van der Waals surface area contributed by atoms with Crippen molar-refractivity contribution in [3.8, 4) is 0 Å². The fraction of sp³-hybridized carbons (Fsp3) is 0.167. The maximum atomic E-state index is 12.9. The number of nitrogens with zero attached hydrogens (tertiary/aromatic N) is 4. The fourth-order valence-electron chi connectivity index (χ4n) is 3.52. The van der Waals surface area contributed by atoms with Crippen LogP contribution >= 0.6 is 0 Å². The first-order valence-electron chi connectivity index (χ1n) is 10.1. The van der Waals surface area contributed by atoms with Gasteiger partial charge in [-0.2, -0.15) is 0 Å². The molecule has 3 aromatic carbocycles. The standard InChI is InChI=1S/C24H21N5O2/c1-15-7-11-17(12-8-15)22(30)26-24-21(29-20-6-4-3-5-19(20)27-28-29)25-23(31-24)18-13-9-16(2)10-14-18/h3-14,21,24H,1-2H3,(H,26,30). The first-order chi connectivity index (χ1) is 15.1. The van der Waals surface area contributed by atoms with Crippen LogP contribution in [0.25, 0.3) is 11.0 Å². The predicted molar refractivity (Wildman–Crippen MR) is 118 cm³/mol. The minimum absolute atomic E-state index is 0.236. The summed E-state index contributed by atoms with van der Waals surface area (Å²) in [5.41, 5.74) is 5.20. The Morgan fingerprint density at radius 1 is 0.935 bits per heavy atom. The Bertz CT molecular complexity index is 1280. The number of para-hydroxylation sites is 1. The lowest BCUT2D eigenvalue weighted by Crippen LogP contribution is -2.40. The van der Waals surface area contributed by atoms with Crippen LogP contribution in [0, 0.1) is 13.8 Å². The van der Waals surface area contributed by atoms with Gasteiger partial charge in [-0.15, -0.1) is 5.10 Å². The molecule has 1 aliphatic heterocycles. The topological polar surface area (TPSA) is 81.4 Å². The Kier molecular flexibility index (Phi) is 4.71. The smallest absolute Gasteiger partial charge is 0.254 e. The SMILES string of the molecule is Cc1ccc(C(=O)NC2OC(c3ccc(C)cc3)=NC2n2nnc3ccccc32)cc1.